The number of carbonyl (C=O) groups is 2. The Kier molecular flexibility index (Phi) is 8.50. The minimum Gasteiger partial charge on any atom is -0.381 e. The second kappa shape index (κ2) is 10.9. The lowest BCUT2D eigenvalue weighted by Gasteiger charge is -2.29. The Labute approximate surface area is 159 Å². The van der Waals surface area contributed by atoms with Crippen molar-refractivity contribution in [1.29, 1.82) is 0 Å². The first-order valence-corrected chi connectivity index (χ1v) is 9.41. The van der Waals surface area contributed by atoms with Gasteiger partial charge in [-0.25, -0.2) is 4.79 Å². The van der Waals surface area contributed by atoms with Crippen LogP contribution < -0.4 is 20.9 Å². The molecule has 0 aromatic heterocycles. The molecule has 1 aliphatic rings. The largest absolute Gasteiger partial charge is 0.381 e. The van der Waals surface area contributed by atoms with E-state index in [1.54, 1.807) is 12.1 Å². The molecule has 1 aromatic carbocycles. The van der Waals surface area contributed by atoms with E-state index in [-0.39, 0.29) is 18.5 Å². The maximum absolute atomic E-state index is 11.9. The van der Waals surface area contributed by atoms with Crippen LogP contribution in [0.5, 0.6) is 0 Å². The van der Waals surface area contributed by atoms with Gasteiger partial charge in [-0.15, -0.1) is 0 Å². The molecule has 0 spiro atoms. The predicted octanol–water partition coefficient (Wildman–Crippen LogP) is 2.60. The standard InChI is InChI=1S/C18H27ClN4O3/c1-2-3-10-26-11-4-7-21-18(25)22-14-5-6-16(15(19)12-14)23-9-8-20-17(24)13-23/h5-6,12H,2-4,7-11,13H2,1H3,(H,20,24)(H2,21,22,25). The number of nitrogens with zero attached hydrogens (tertiary/aromatic N) is 1. The molecule has 1 aliphatic heterocycles. The zero-order valence-corrected chi connectivity index (χ0v) is 15.9. The second-order valence-corrected chi connectivity index (χ2v) is 6.55. The summed E-state index contributed by atoms with van der Waals surface area (Å²) < 4.78 is 5.45. The number of hydrogen-bond acceptors (Lipinski definition) is 4. The Bertz CT molecular complexity index is 612. The number of hydrogen-bond donors (Lipinski definition) is 3. The first-order valence-electron chi connectivity index (χ1n) is 9.04. The van der Waals surface area contributed by atoms with Gasteiger partial charge in [0.2, 0.25) is 5.91 Å². The van der Waals surface area contributed by atoms with E-state index >= 15 is 0 Å². The monoisotopic (exact) mass is 382 g/mol. The smallest absolute Gasteiger partial charge is 0.319 e. The summed E-state index contributed by atoms with van der Waals surface area (Å²) >= 11 is 6.32. The summed E-state index contributed by atoms with van der Waals surface area (Å²) in [6, 6.07) is 5.01. The van der Waals surface area contributed by atoms with Crippen LogP contribution in [0.1, 0.15) is 26.2 Å². The van der Waals surface area contributed by atoms with Crippen LogP contribution >= 0.6 is 11.6 Å². The molecule has 26 heavy (non-hydrogen) atoms. The van der Waals surface area contributed by atoms with Crippen molar-refractivity contribution in [2.75, 3.05) is 49.6 Å². The van der Waals surface area contributed by atoms with Gasteiger partial charge in [-0.2, -0.15) is 0 Å². The number of halogens is 1. The van der Waals surface area contributed by atoms with E-state index in [2.05, 4.69) is 22.9 Å². The Balaban J connectivity index is 1.74. The molecule has 144 valence electrons. The van der Waals surface area contributed by atoms with Crippen LogP contribution in [0, 0.1) is 0 Å². The molecule has 1 saturated heterocycles. The van der Waals surface area contributed by atoms with Gasteiger partial charge in [0.1, 0.15) is 0 Å². The van der Waals surface area contributed by atoms with Crippen molar-refractivity contribution in [3.05, 3.63) is 23.2 Å². The van der Waals surface area contributed by atoms with Crippen LogP contribution in [-0.4, -0.2) is 51.3 Å². The third-order valence-electron chi connectivity index (χ3n) is 3.98. The number of ether oxygens (including phenoxy) is 1. The third kappa shape index (κ3) is 6.72. The number of rotatable bonds is 9. The summed E-state index contributed by atoms with van der Waals surface area (Å²) in [5, 5.41) is 8.83. The summed E-state index contributed by atoms with van der Waals surface area (Å²) in [5.41, 5.74) is 1.40. The van der Waals surface area contributed by atoms with Gasteiger partial charge in [0.25, 0.3) is 0 Å². The average molecular weight is 383 g/mol. The van der Waals surface area contributed by atoms with Crippen molar-refractivity contribution in [3.8, 4) is 0 Å². The van der Waals surface area contributed by atoms with Crippen LogP contribution in [0.4, 0.5) is 16.2 Å². The fourth-order valence-corrected chi connectivity index (χ4v) is 2.89. The Morgan fingerprint density at radius 3 is 2.88 bits per heavy atom. The Morgan fingerprint density at radius 2 is 2.15 bits per heavy atom. The van der Waals surface area contributed by atoms with E-state index in [1.807, 2.05) is 11.0 Å². The molecule has 8 heteroatoms. The van der Waals surface area contributed by atoms with E-state index in [9.17, 15) is 9.59 Å². The minimum absolute atomic E-state index is 0.0208. The van der Waals surface area contributed by atoms with E-state index in [0.717, 1.165) is 31.6 Å². The number of amides is 3. The van der Waals surface area contributed by atoms with E-state index in [4.69, 9.17) is 16.3 Å². The summed E-state index contributed by atoms with van der Waals surface area (Å²) in [5.74, 6) is -0.0208. The molecule has 2 rings (SSSR count). The van der Waals surface area contributed by atoms with Crippen LogP contribution in [0.3, 0.4) is 0 Å². The number of anilines is 2. The number of nitrogens with one attached hydrogen (secondary N) is 3. The van der Waals surface area contributed by atoms with Gasteiger partial charge in [-0.1, -0.05) is 24.9 Å². The predicted molar refractivity (Wildman–Crippen MR) is 104 cm³/mol. The highest BCUT2D eigenvalue weighted by Crippen LogP contribution is 2.29. The van der Waals surface area contributed by atoms with Gasteiger partial charge in [0, 0.05) is 38.5 Å². The van der Waals surface area contributed by atoms with Gasteiger partial charge in [0.15, 0.2) is 0 Å². The first-order chi connectivity index (χ1) is 12.6. The maximum Gasteiger partial charge on any atom is 0.319 e. The summed E-state index contributed by atoms with van der Waals surface area (Å²) in [4.78, 5) is 25.3. The highest BCUT2D eigenvalue weighted by atomic mass is 35.5. The molecule has 3 amide bonds. The SMILES string of the molecule is CCCCOCCCNC(=O)Nc1ccc(N2CCNC(=O)C2)c(Cl)c1. The molecule has 3 N–H and O–H groups in total. The van der Waals surface area contributed by atoms with Crippen LogP contribution in [0.25, 0.3) is 0 Å². The molecule has 7 nitrogen and oxygen atoms in total. The highest BCUT2D eigenvalue weighted by molar-refractivity contribution is 6.33. The van der Waals surface area contributed by atoms with Crippen LogP contribution in [0.15, 0.2) is 18.2 Å². The molecular formula is C18H27ClN4O3. The Morgan fingerprint density at radius 1 is 1.35 bits per heavy atom. The van der Waals surface area contributed by atoms with Gasteiger partial charge >= 0.3 is 6.03 Å². The lowest BCUT2D eigenvalue weighted by atomic mass is 10.2. The van der Waals surface area contributed by atoms with E-state index in [0.29, 0.717) is 37.0 Å². The summed E-state index contributed by atoms with van der Waals surface area (Å²) in [6.45, 7) is 5.67. The molecule has 1 aromatic rings. The van der Waals surface area contributed by atoms with Gasteiger partial charge < -0.3 is 25.6 Å². The summed E-state index contributed by atoms with van der Waals surface area (Å²) in [6.07, 6.45) is 2.95. The van der Waals surface area contributed by atoms with Crippen molar-refractivity contribution >= 4 is 34.9 Å². The van der Waals surface area contributed by atoms with Gasteiger partial charge in [-0.3, -0.25) is 4.79 Å². The number of unbranched alkanes of at least 4 members (excludes halogenated alkanes) is 1. The molecule has 0 atom stereocenters. The molecule has 0 unspecified atom stereocenters. The molecule has 1 heterocycles. The summed E-state index contributed by atoms with van der Waals surface area (Å²) in [7, 11) is 0. The molecule has 0 aliphatic carbocycles. The van der Waals surface area contributed by atoms with E-state index in [1.165, 1.54) is 0 Å². The molecule has 0 saturated carbocycles. The lowest BCUT2D eigenvalue weighted by Crippen LogP contribution is -2.47. The topological polar surface area (TPSA) is 82.7 Å². The van der Waals surface area contributed by atoms with Gasteiger partial charge in [-0.05, 0) is 31.0 Å². The number of piperazine rings is 1. The fraction of sp³-hybridized carbons (Fsp3) is 0.556. The van der Waals surface area contributed by atoms with Crippen LogP contribution in [0.2, 0.25) is 5.02 Å². The average Bonchev–Trinajstić information content (AvgIpc) is 2.61. The van der Waals surface area contributed by atoms with Crippen LogP contribution in [-0.2, 0) is 9.53 Å². The lowest BCUT2D eigenvalue weighted by molar-refractivity contribution is -0.120. The first kappa shape index (κ1) is 20.3. The molecular weight excluding hydrogens is 356 g/mol. The van der Waals surface area contributed by atoms with Crippen molar-refractivity contribution in [3.63, 3.8) is 0 Å². The van der Waals surface area contributed by atoms with Crippen molar-refractivity contribution in [1.82, 2.24) is 10.6 Å². The number of carbonyl (C=O) groups excluding carboxylic acids is 2. The highest BCUT2D eigenvalue weighted by Gasteiger charge is 2.18. The second-order valence-electron chi connectivity index (χ2n) is 6.14. The minimum atomic E-state index is -0.278. The molecule has 0 radical (unpaired) electrons. The van der Waals surface area contributed by atoms with Gasteiger partial charge in [0.05, 0.1) is 17.3 Å². The molecule has 1 fully saturated rings. The molecule has 0 bridgehead atoms. The number of urea groups is 1. The quantitative estimate of drug-likeness (QED) is 0.573. The van der Waals surface area contributed by atoms with Crippen molar-refractivity contribution in [2.45, 2.75) is 26.2 Å². The van der Waals surface area contributed by atoms with Crippen molar-refractivity contribution in [2.24, 2.45) is 0 Å². The zero-order chi connectivity index (χ0) is 18.8. The van der Waals surface area contributed by atoms with E-state index < -0.39 is 0 Å². The fourth-order valence-electron chi connectivity index (χ4n) is 2.59. The maximum atomic E-state index is 11.9. The normalized spacial score (nSPS) is 14.1. The van der Waals surface area contributed by atoms with Crippen molar-refractivity contribution < 1.29 is 14.3 Å². The number of benzene rings is 1. The zero-order valence-electron chi connectivity index (χ0n) is 15.1. The Hall–Kier alpha value is -1.99. The third-order valence-corrected chi connectivity index (χ3v) is 4.28.